The summed E-state index contributed by atoms with van der Waals surface area (Å²) >= 11 is 0. The standard InChI is InChI=1S/C16H23N5O2/c1-4-5-6-9-17-16-20-15(11-18-21-16)19-13-10-12(22-2)7-8-14(13)23-3/h7-8,10-11H,4-6,9H2,1-3H3,(H2,17,19,20,21). The number of methoxy groups -OCH3 is 2. The van der Waals surface area contributed by atoms with Crippen molar-refractivity contribution in [3.05, 3.63) is 24.4 Å². The lowest BCUT2D eigenvalue weighted by molar-refractivity contribution is 0.405. The first kappa shape index (κ1) is 16.8. The molecule has 1 aromatic carbocycles. The molecule has 7 heteroatoms. The number of unbranched alkanes of at least 4 members (excludes halogenated alkanes) is 2. The van der Waals surface area contributed by atoms with Crippen LogP contribution in [0.3, 0.4) is 0 Å². The first-order valence-corrected chi connectivity index (χ1v) is 7.69. The summed E-state index contributed by atoms with van der Waals surface area (Å²) in [5.74, 6) is 2.52. The highest BCUT2D eigenvalue weighted by Gasteiger charge is 2.07. The largest absolute Gasteiger partial charge is 0.497 e. The molecule has 0 unspecified atom stereocenters. The van der Waals surface area contributed by atoms with Crippen molar-refractivity contribution in [1.29, 1.82) is 0 Å². The summed E-state index contributed by atoms with van der Waals surface area (Å²) in [6, 6.07) is 5.51. The van der Waals surface area contributed by atoms with Crippen LogP contribution in [0.4, 0.5) is 17.5 Å². The smallest absolute Gasteiger partial charge is 0.244 e. The highest BCUT2D eigenvalue weighted by molar-refractivity contribution is 5.66. The topological polar surface area (TPSA) is 81.2 Å². The molecule has 0 bridgehead atoms. The van der Waals surface area contributed by atoms with Gasteiger partial charge in [-0.1, -0.05) is 19.8 Å². The molecule has 124 valence electrons. The molecule has 0 aliphatic carbocycles. The van der Waals surface area contributed by atoms with Crippen LogP contribution in [0.2, 0.25) is 0 Å². The van der Waals surface area contributed by atoms with E-state index >= 15 is 0 Å². The Hall–Kier alpha value is -2.57. The zero-order valence-electron chi connectivity index (χ0n) is 13.8. The summed E-state index contributed by atoms with van der Waals surface area (Å²) in [6.45, 7) is 3.01. The normalized spacial score (nSPS) is 10.2. The molecule has 2 rings (SSSR count). The van der Waals surface area contributed by atoms with Gasteiger partial charge in [0.25, 0.3) is 0 Å². The Balaban J connectivity index is 2.08. The van der Waals surface area contributed by atoms with E-state index in [-0.39, 0.29) is 0 Å². The average Bonchev–Trinajstić information content (AvgIpc) is 2.59. The maximum Gasteiger partial charge on any atom is 0.244 e. The summed E-state index contributed by atoms with van der Waals surface area (Å²) in [7, 11) is 3.24. The fourth-order valence-corrected chi connectivity index (χ4v) is 2.06. The van der Waals surface area contributed by atoms with E-state index in [2.05, 4.69) is 32.7 Å². The lowest BCUT2D eigenvalue weighted by Crippen LogP contribution is -2.08. The predicted molar refractivity (Wildman–Crippen MR) is 90.7 cm³/mol. The van der Waals surface area contributed by atoms with Crippen molar-refractivity contribution in [3.63, 3.8) is 0 Å². The van der Waals surface area contributed by atoms with Crippen LogP contribution in [-0.2, 0) is 0 Å². The third-order valence-electron chi connectivity index (χ3n) is 3.29. The highest BCUT2D eigenvalue weighted by Crippen LogP contribution is 2.30. The second-order valence-corrected chi connectivity index (χ2v) is 4.99. The van der Waals surface area contributed by atoms with Gasteiger partial charge in [-0.15, -0.1) is 5.10 Å². The van der Waals surface area contributed by atoms with Gasteiger partial charge in [-0.05, 0) is 18.6 Å². The Morgan fingerprint density at radius 1 is 1.13 bits per heavy atom. The second-order valence-electron chi connectivity index (χ2n) is 4.99. The summed E-state index contributed by atoms with van der Waals surface area (Å²) in [5.41, 5.74) is 0.754. The molecular formula is C16H23N5O2. The van der Waals surface area contributed by atoms with Crippen LogP contribution < -0.4 is 20.1 Å². The van der Waals surface area contributed by atoms with Gasteiger partial charge in [0.2, 0.25) is 5.95 Å². The van der Waals surface area contributed by atoms with Crippen LogP contribution in [-0.4, -0.2) is 35.9 Å². The fourth-order valence-electron chi connectivity index (χ4n) is 2.06. The van der Waals surface area contributed by atoms with E-state index in [4.69, 9.17) is 9.47 Å². The summed E-state index contributed by atoms with van der Waals surface area (Å²) in [5, 5.41) is 14.3. The number of hydrogen-bond donors (Lipinski definition) is 2. The van der Waals surface area contributed by atoms with Crippen molar-refractivity contribution in [2.45, 2.75) is 26.2 Å². The van der Waals surface area contributed by atoms with Crippen molar-refractivity contribution in [2.75, 3.05) is 31.4 Å². The Kier molecular flexibility index (Phi) is 6.40. The summed E-state index contributed by atoms with van der Waals surface area (Å²) < 4.78 is 10.6. The molecule has 0 spiro atoms. The molecule has 2 aromatic rings. The van der Waals surface area contributed by atoms with Gasteiger partial charge in [0, 0.05) is 12.6 Å². The minimum Gasteiger partial charge on any atom is -0.497 e. The van der Waals surface area contributed by atoms with E-state index in [1.54, 1.807) is 20.4 Å². The minimum absolute atomic E-state index is 0.507. The van der Waals surface area contributed by atoms with E-state index in [1.807, 2.05) is 18.2 Å². The van der Waals surface area contributed by atoms with Gasteiger partial charge >= 0.3 is 0 Å². The maximum absolute atomic E-state index is 5.34. The molecule has 0 fully saturated rings. The quantitative estimate of drug-likeness (QED) is 0.687. The Morgan fingerprint density at radius 3 is 2.74 bits per heavy atom. The van der Waals surface area contributed by atoms with E-state index < -0.39 is 0 Å². The Labute approximate surface area is 136 Å². The van der Waals surface area contributed by atoms with Crippen LogP contribution in [0.25, 0.3) is 0 Å². The van der Waals surface area contributed by atoms with Gasteiger partial charge in [0.1, 0.15) is 11.5 Å². The van der Waals surface area contributed by atoms with E-state index in [0.29, 0.717) is 17.5 Å². The molecule has 23 heavy (non-hydrogen) atoms. The molecule has 2 N–H and O–H groups in total. The van der Waals surface area contributed by atoms with Gasteiger partial charge in [0.15, 0.2) is 5.82 Å². The molecular weight excluding hydrogens is 294 g/mol. The molecule has 0 aliphatic heterocycles. The Bertz CT molecular complexity index is 621. The molecule has 1 aromatic heterocycles. The van der Waals surface area contributed by atoms with Crippen molar-refractivity contribution in [3.8, 4) is 11.5 Å². The van der Waals surface area contributed by atoms with Crippen molar-refractivity contribution in [1.82, 2.24) is 15.2 Å². The lowest BCUT2D eigenvalue weighted by atomic mass is 10.2. The molecule has 0 atom stereocenters. The van der Waals surface area contributed by atoms with Crippen LogP contribution in [0.15, 0.2) is 24.4 Å². The van der Waals surface area contributed by atoms with Crippen LogP contribution in [0.5, 0.6) is 11.5 Å². The number of nitrogens with zero attached hydrogens (tertiary/aromatic N) is 3. The van der Waals surface area contributed by atoms with Crippen LogP contribution >= 0.6 is 0 Å². The zero-order valence-corrected chi connectivity index (χ0v) is 13.8. The number of benzene rings is 1. The number of aromatic nitrogens is 3. The van der Waals surface area contributed by atoms with E-state index in [1.165, 1.54) is 12.8 Å². The second kappa shape index (κ2) is 8.77. The van der Waals surface area contributed by atoms with Gasteiger partial charge in [0.05, 0.1) is 26.1 Å². The molecule has 0 saturated heterocycles. The molecule has 0 aliphatic rings. The van der Waals surface area contributed by atoms with Crippen molar-refractivity contribution >= 4 is 17.5 Å². The monoisotopic (exact) mass is 317 g/mol. The van der Waals surface area contributed by atoms with Crippen molar-refractivity contribution in [2.24, 2.45) is 0 Å². The van der Waals surface area contributed by atoms with Crippen LogP contribution in [0.1, 0.15) is 26.2 Å². The van der Waals surface area contributed by atoms with Gasteiger partial charge < -0.3 is 20.1 Å². The van der Waals surface area contributed by atoms with E-state index in [0.717, 1.165) is 24.4 Å². The molecule has 7 nitrogen and oxygen atoms in total. The highest BCUT2D eigenvalue weighted by atomic mass is 16.5. The third-order valence-corrected chi connectivity index (χ3v) is 3.29. The van der Waals surface area contributed by atoms with E-state index in [9.17, 15) is 0 Å². The fraction of sp³-hybridized carbons (Fsp3) is 0.438. The Morgan fingerprint density at radius 2 is 2.00 bits per heavy atom. The first-order valence-electron chi connectivity index (χ1n) is 7.69. The molecule has 0 amide bonds. The minimum atomic E-state index is 0.507. The number of ether oxygens (including phenoxy) is 2. The van der Waals surface area contributed by atoms with Gasteiger partial charge in [-0.2, -0.15) is 10.1 Å². The number of nitrogens with one attached hydrogen (secondary N) is 2. The molecule has 0 saturated carbocycles. The first-order chi connectivity index (χ1) is 11.3. The summed E-state index contributed by atoms with van der Waals surface area (Å²) in [6.07, 6.45) is 5.01. The van der Waals surface area contributed by atoms with Crippen LogP contribution in [0, 0.1) is 0 Å². The predicted octanol–water partition coefficient (Wildman–Crippen LogP) is 3.23. The van der Waals surface area contributed by atoms with Gasteiger partial charge in [-0.25, -0.2) is 0 Å². The zero-order chi connectivity index (χ0) is 16.5. The number of hydrogen-bond acceptors (Lipinski definition) is 7. The maximum atomic E-state index is 5.34. The molecule has 0 radical (unpaired) electrons. The number of anilines is 3. The average molecular weight is 317 g/mol. The summed E-state index contributed by atoms with van der Waals surface area (Å²) in [4.78, 5) is 4.40. The third kappa shape index (κ3) is 4.98. The lowest BCUT2D eigenvalue weighted by Gasteiger charge is -2.12. The SMILES string of the molecule is CCCCCNc1nncc(Nc2cc(OC)ccc2OC)n1. The van der Waals surface area contributed by atoms with Gasteiger partial charge in [-0.3, -0.25) is 0 Å². The van der Waals surface area contributed by atoms with Crippen molar-refractivity contribution < 1.29 is 9.47 Å². The molecule has 1 heterocycles. The number of rotatable bonds is 9.